The Morgan fingerprint density at radius 2 is 2.05 bits per heavy atom. The maximum atomic E-state index is 13.5. The van der Waals surface area contributed by atoms with Gasteiger partial charge in [-0.25, -0.2) is 9.37 Å². The minimum atomic E-state index is -0.251. The molecule has 5 nitrogen and oxygen atoms in total. The van der Waals surface area contributed by atoms with Gasteiger partial charge in [0.25, 0.3) is 0 Å². The molecule has 2 aromatic rings. The van der Waals surface area contributed by atoms with E-state index in [9.17, 15) is 9.18 Å². The highest BCUT2D eigenvalue weighted by atomic mass is 19.1. The Balaban J connectivity index is 1.87. The Bertz CT molecular complexity index is 616. The lowest BCUT2D eigenvalue weighted by atomic mass is 10.2. The van der Waals surface area contributed by atoms with E-state index in [0.717, 1.165) is 0 Å². The maximum Gasteiger partial charge on any atom is 0.224 e. The van der Waals surface area contributed by atoms with Gasteiger partial charge in [-0.1, -0.05) is 18.2 Å². The van der Waals surface area contributed by atoms with Crippen LogP contribution in [0.4, 0.5) is 15.9 Å². The quantitative estimate of drug-likeness (QED) is 0.734. The summed E-state index contributed by atoms with van der Waals surface area (Å²) in [5, 5.41) is 5.78. The second-order valence-corrected chi connectivity index (χ2v) is 4.82. The van der Waals surface area contributed by atoms with E-state index in [1.165, 1.54) is 6.07 Å². The summed E-state index contributed by atoms with van der Waals surface area (Å²) in [7, 11) is 0. The standard InChI is InChI=1S/C16H19FN4O/c17-14-5-2-1-4-12(14)10-19-15-8-7-13(11-20-15)21-16(22)6-3-9-18/h1-2,4-5,7-8,11H,3,6,9-10,18H2,(H,19,20)(H,21,22). The Hall–Kier alpha value is -2.47. The number of amides is 1. The van der Waals surface area contributed by atoms with Crippen molar-refractivity contribution in [3.05, 3.63) is 54.0 Å². The molecule has 0 saturated carbocycles. The van der Waals surface area contributed by atoms with E-state index in [1.807, 2.05) is 0 Å². The molecule has 0 spiro atoms. The summed E-state index contributed by atoms with van der Waals surface area (Å²) in [5.74, 6) is 0.279. The van der Waals surface area contributed by atoms with Crippen molar-refractivity contribution < 1.29 is 9.18 Å². The number of carbonyl (C=O) groups is 1. The second kappa shape index (κ2) is 8.09. The molecule has 0 atom stereocenters. The fraction of sp³-hybridized carbons (Fsp3) is 0.250. The zero-order chi connectivity index (χ0) is 15.8. The number of hydrogen-bond acceptors (Lipinski definition) is 4. The van der Waals surface area contributed by atoms with Crippen molar-refractivity contribution in [3.63, 3.8) is 0 Å². The summed E-state index contributed by atoms with van der Waals surface area (Å²) in [6, 6.07) is 10.1. The van der Waals surface area contributed by atoms with Crippen LogP contribution in [0.25, 0.3) is 0 Å². The van der Waals surface area contributed by atoms with Gasteiger partial charge < -0.3 is 16.4 Å². The van der Waals surface area contributed by atoms with Gasteiger partial charge in [-0.3, -0.25) is 4.79 Å². The molecule has 22 heavy (non-hydrogen) atoms. The van der Waals surface area contributed by atoms with E-state index >= 15 is 0 Å². The van der Waals surface area contributed by atoms with E-state index in [0.29, 0.717) is 43.0 Å². The lowest BCUT2D eigenvalue weighted by Gasteiger charge is -2.08. The normalized spacial score (nSPS) is 10.3. The van der Waals surface area contributed by atoms with E-state index in [2.05, 4.69) is 15.6 Å². The van der Waals surface area contributed by atoms with Crippen LogP contribution in [0.1, 0.15) is 18.4 Å². The third-order valence-electron chi connectivity index (χ3n) is 3.07. The van der Waals surface area contributed by atoms with Gasteiger partial charge in [0, 0.05) is 18.5 Å². The van der Waals surface area contributed by atoms with Gasteiger partial charge in [0.05, 0.1) is 11.9 Å². The number of anilines is 2. The molecule has 0 aliphatic rings. The Labute approximate surface area is 128 Å². The summed E-state index contributed by atoms with van der Waals surface area (Å²) in [4.78, 5) is 15.7. The lowest BCUT2D eigenvalue weighted by molar-refractivity contribution is -0.116. The Kier molecular flexibility index (Phi) is 5.85. The lowest BCUT2D eigenvalue weighted by Crippen LogP contribution is -2.13. The van der Waals surface area contributed by atoms with Gasteiger partial charge in [-0.05, 0) is 31.2 Å². The number of hydrogen-bond donors (Lipinski definition) is 3. The summed E-state index contributed by atoms with van der Waals surface area (Å²) in [5.41, 5.74) is 6.55. The molecule has 0 saturated heterocycles. The number of aromatic nitrogens is 1. The van der Waals surface area contributed by atoms with Gasteiger partial charge in [0.1, 0.15) is 11.6 Å². The molecule has 1 aromatic heterocycles. The monoisotopic (exact) mass is 302 g/mol. The first-order chi connectivity index (χ1) is 10.7. The molecule has 2 rings (SSSR count). The third-order valence-corrected chi connectivity index (χ3v) is 3.07. The fourth-order valence-corrected chi connectivity index (χ4v) is 1.89. The van der Waals surface area contributed by atoms with Crippen LogP contribution in [0.5, 0.6) is 0 Å². The molecule has 0 bridgehead atoms. The Morgan fingerprint density at radius 3 is 2.73 bits per heavy atom. The second-order valence-electron chi connectivity index (χ2n) is 4.82. The van der Waals surface area contributed by atoms with Crippen LogP contribution in [0.3, 0.4) is 0 Å². The van der Waals surface area contributed by atoms with Crippen LogP contribution in [-0.4, -0.2) is 17.4 Å². The summed E-state index contributed by atoms with van der Waals surface area (Å²) in [6.07, 6.45) is 2.61. The first kappa shape index (κ1) is 15.9. The van der Waals surface area contributed by atoms with Crippen molar-refractivity contribution in [2.75, 3.05) is 17.2 Å². The first-order valence-corrected chi connectivity index (χ1v) is 7.12. The molecular formula is C16H19FN4O. The van der Waals surface area contributed by atoms with Crippen molar-refractivity contribution in [2.24, 2.45) is 5.73 Å². The number of pyridine rings is 1. The van der Waals surface area contributed by atoms with Gasteiger partial charge in [0.2, 0.25) is 5.91 Å². The smallest absolute Gasteiger partial charge is 0.224 e. The largest absolute Gasteiger partial charge is 0.366 e. The van der Waals surface area contributed by atoms with E-state index in [-0.39, 0.29) is 11.7 Å². The number of benzene rings is 1. The number of nitrogens with zero attached hydrogens (tertiary/aromatic N) is 1. The molecule has 0 radical (unpaired) electrons. The van der Waals surface area contributed by atoms with E-state index < -0.39 is 0 Å². The van der Waals surface area contributed by atoms with Gasteiger partial charge in [-0.15, -0.1) is 0 Å². The molecule has 4 N–H and O–H groups in total. The SMILES string of the molecule is NCCCC(=O)Nc1ccc(NCc2ccccc2F)nc1. The third kappa shape index (κ3) is 4.82. The fourth-order valence-electron chi connectivity index (χ4n) is 1.89. The average Bonchev–Trinajstić information content (AvgIpc) is 2.53. The van der Waals surface area contributed by atoms with Gasteiger partial charge in [-0.2, -0.15) is 0 Å². The van der Waals surface area contributed by atoms with Crippen molar-refractivity contribution >= 4 is 17.4 Å². The molecule has 6 heteroatoms. The molecule has 0 unspecified atom stereocenters. The molecule has 0 aliphatic carbocycles. The first-order valence-electron chi connectivity index (χ1n) is 7.12. The van der Waals surface area contributed by atoms with E-state index in [4.69, 9.17) is 5.73 Å². The topological polar surface area (TPSA) is 80.0 Å². The minimum Gasteiger partial charge on any atom is -0.366 e. The van der Waals surface area contributed by atoms with Crippen LogP contribution >= 0.6 is 0 Å². The Morgan fingerprint density at radius 1 is 1.23 bits per heavy atom. The molecule has 0 fully saturated rings. The van der Waals surface area contributed by atoms with Crippen molar-refractivity contribution in [3.8, 4) is 0 Å². The highest BCUT2D eigenvalue weighted by Gasteiger charge is 2.03. The van der Waals surface area contributed by atoms with Gasteiger partial charge >= 0.3 is 0 Å². The molecular weight excluding hydrogens is 283 g/mol. The van der Waals surface area contributed by atoms with Crippen LogP contribution in [0.15, 0.2) is 42.6 Å². The zero-order valence-corrected chi connectivity index (χ0v) is 12.2. The summed E-state index contributed by atoms with van der Waals surface area (Å²) >= 11 is 0. The van der Waals surface area contributed by atoms with Crippen LogP contribution < -0.4 is 16.4 Å². The summed E-state index contributed by atoms with van der Waals surface area (Å²) < 4.78 is 13.5. The molecule has 116 valence electrons. The number of nitrogens with two attached hydrogens (primary N) is 1. The van der Waals surface area contributed by atoms with Crippen molar-refractivity contribution in [1.29, 1.82) is 0 Å². The minimum absolute atomic E-state index is 0.0840. The average molecular weight is 302 g/mol. The predicted molar refractivity (Wildman–Crippen MR) is 84.9 cm³/mol. The maximum absolute atomic E-state index is 13.5. The molecule has 1 amide bonds. The number of rotatable bonds is 7. The predicted octanol–water partition coefficient (Wildman–Crippen LogP) is 2.51. The molecule has 1 aromatic carbocycles. The molecule has 0 aliphatic heterocycles. The van der Waals surface area contributed by atoms with Crippen LogP contribution in [0.2, 0.25) is 0 Å². The molecule has 1 heterocycles. The van der Waals surface area contributed by atoms with E-state index in [1.54, 1.807) is 36.5 Å². The zero-order valence-electron chi connectivity index (χ0n) is 12.2. The van der Waals surface area contributed by atoms with Crippen LogP contribution in [0, 0.1) is 5.82 Å². The van der Waals surface area contributed by atoms with Crippen molar-refractivity contribution in [1.82, 2.24) is 4.98 Å². The van der Waals surface area contributed by atoms with Crippen LogP contribution in [-0.2, 0) is 11.3 Å². The number of nitrogens with one attached hydrogen (secondary N) is 2. The van der Waals surface area contributed by atoms with Gasteiger partial charge in [0.15, 0.2) is 0 Å². The number of carbonyl (C=O) groups excluding carboxylic acids is 1. The summed E-state index contributed by atoms with van der Waals surface area (Å²) in [6.45, 7) is 0.840. The van der Waals surface area contributed by atoms with Crippen molar-refractivity contribution in [2.45, 2.75) is 19.4 Å². The highest BCUT2D eigenvalue weighted by molar-refractivity contribution is 5.90. The number of halogens is 1. The highest BCUT2D eigenvalue weighted by Crippen LogP contribution is 2.13.